The molecule has 66 heavy (non-hydrogen) atoms. The lowest BCUT2D eigenvalue weighted by Crippen LogP contribution is -2.49. The van der Waals surface area contributed by atoms with Crippen LogP contribution in [0, 0.1) is 5.41 Å². The van der Waals surface area contributed by atoms with E-state index < -0.39 is 107 Å². The van der Waals surface area contributed by atoms with Crippen molar-refractivity contribution >= 4 is 95.8 Å². The monoisotopic (exact) mass is 1040 g/mol. The average Bonchev–Trinajstić information content (AvgIpc) is 3.63. The number of rotatable bonds is 19. The van der Waals surface area contributed by atoms with E-state index in [1.165, 1.54) is 43.3 Å². The normalized spacial score (nSPS) is 19.4. The van der Waals surface area contributed by atoms with Gasteiger partial charge in [-0.15, -0.1) is 0 Å². The fourth-order valence-corrected chi connectivity index (χ4v) is 11.3. The van der Waals surface area contributed by atoms with Crippen molar-refractivity contribution in [2.75, 3.05) is 41.9 Å². The molecular weight excluding hydrogens is 991 g/mol. The number of carbonyl (C=O) groups is 2. The second kappa shape index (κ2) is 19.7. The number of thiazole rings is 1. The van der Waals surface area contributed by atoms with E-state index in [-0.39, 0.29) is 45.4 Å². The summed E-state index contributed by atoms with van der Waals surface area (Å²) < 4.78 is 173. The molecule has 362 valence electrons. The number of amides is 1. The van der Waals surface area contributed by atoms with Crippen LogP contribution in [-0.2, 0) is 76.9 Å². The fraction of sp³-hybridized carbons (Fsp3) is 0.410. The number of esters is 1. The van der Waals surface area contributed by atoms with Crippen LogP contribution in [-0.4, -0.2) is 114 Å². The van der Waals surface area contributed by atoms with Gasteiger partial charge in [0.05, 0.1) is 33.7 Å². The Balaban J connectivity index is 1.70. The molecule has 0 spiro atoms. The minimum absolute atomic E-state index is 0.00394. The summed E-state index contributed by atoms with van der Waals surface area (Å²) >= 11 is 1.04. The van der Waals surface area contributed by atoms with E-state index in [0.717, 1.165) is 17.4 Å². The first-order chi connectivity index (χ1) is 30.3. The Bertz CT molecular complexity index is 3140. The van der Waals surface area contributed by atoms with Gasteiger partial charge in [0, 0.05) is 48.5 Å². The number of nitrogens with zero attached hydrogens (tertiary/aromatic N) is 2. The van der Waals surface area contributed by atoms with Crippen LogP contribution in [0.25, 0.3) is 16.3 Å². The Morgan fingerprint density at radius 2 is 1.41 bits per heavy atom. The molecule has 1 atom stereocenters. The van der Waals surface area contributed by atoms with Crippen molar-refractivity contribution in [2.45, 2.75) is 68.2 Å². The number of anilines is 1. The zero-order valence-corrected chi connectivity index (χ0v) is 40.4. The Morgan fingerprint density at radius 3 is 2.02 bits per heavy atom. The zero-order valence-electron chi connectivity index (χ0n) is 35.5. The summed E-state index contributed by atoms with van der Waals surface area (Å²) in [5, 5.41) is 2.79. The third kappa shape index (κ3) is 13.0. The second-order valence-corrected chi connectivity index (χ2v) is 24.6. The molecule has 0 saturated carbocycles. The molecule has 2 heterocycles. The number of fused-ring (bicyclic) bond motifs is 2. The molecule has 5 rings (SSSR count). The number of ether oxygens (including phenoxy) is 1. The first kappa shape index (κ1) is 52.5. The van der Waals surface area contributed by atoms with Crippen molar-refractivity contribution in [1.29, 1.82) is 0 Å². The van der Waals surface area contributed by atoms with Gasteiger partial charge >= 0.3 is 5.97 Å². The van der Waals surface area contributed by atoms with Crippen LogP contribution in [0.1, 0.15) is 57.0 Å². The van der Waals surface area contributed by atoms with Crippen LogP contribution >= 0.6 is 11.3 Å². The van der Waals surface area contributed by atoms with Crippen LogP contribution < -0.4 is 14.8 Å². The van der Waals surface area contributed by atoms with Crippen LogP contribution in [0.3, 0.4) is 0 Å². The Hall–Kier alpha value is -4.42. The lowest BCUT2D eigenvalue weighted by Gasteiger charge is -2.34. The molecule has 6 N–H and O–H groups in total. The fourth-order valence-electron chi connectivity index (χ4n) is 7.77. The number of hydrogen-bond donors (Lipinski definition) is 6. The second-order valence-electron chi connectivity index (χ2n) is 16.0. The third-order valence-corrected chi connectivity index (χ3v) is 15.9. The molecule has 0 bridgehead atoms. The molecule has 0 saturated heterocycles. The summed E-state index contributed by atoms with van der Waals surface area (Å²) in [5.74, 6) is -4.08. The topological polar surface area (TPSA) is 334 Å². The minimum atomic E-state index is -4.66. The van der Waals surface area contributed by atoms with Crippen LogP contribution in [0.2, 0.25) is 0 Å². The summed E-state index contributed by atoms with van der Waals surface area (Å²) in [4.78, 5) is 29.1. The van der Waals surface area contributed by atoms with Crippen molar-refractivity contribution in [3.05, 3.63) is 88.1 Å². The highest BCUT2D eigenvalue weighted by Crippen LogP contribution is 2.49. The van der Waals surface area contributed by atoms with Crippen molar-refractivity contribution < 1.29 is 83.7 Å². The predicted molar refractivity (Wildman–Crippen MR) is 242 cm³/mol. The SMILES string of the molecule is CCOC(=O)C1(C(=O)NCCS(=O)(=O)O)CC(=CC=C2N(CCCS(=O)(=O)O)c3ccc(S(=O)(=O)O)cc3C2(C)C)C=C(C=Cc2sc3cc(S(=O)(=O)O)ccc3[n+]2CCCS(=O)(=O)O)C1. The highest BCUT2D eigenvalue weighted by molar-refractivity contribution is 7.86. The van der Waals surface area contributed by atoms with E-state index >= 15 is 0 Å². The molecule has 3 aromatic rings. The van der Waals surface area contributed by atoms with Gasteiger partial charge in [-0.2, -0.15) is 46.7 Å². The van der Waals surface area contributed by atoms with Gasteiger partial charge in [-0.3, -0.25) is 32.4 Å². The van der Waals surface area contributed by atoms with E-state index in [1.807, 2.05) is 0 Å². The van der Waals surface area contributed by atoms with Gasteiger partial charge in [-0.1, -0.05) is 43.4 Å². The van der Waals surface area contributed by atoms with Gasteiger partial charge in [0.15, 0.2) is 12.0 Å². The number of hydrogen-bond acceptors (Lipinski definition) is 15. The molecule has 1 aliphatic heterocycles. The van der Waals surface area contributed by atoms with E-state index in [2.05, 4.69) is 5.32 Å². The van der Waals surface area contributed by atoms with Gasteiger partial charge in [-0.05, 0) is 79.3 Å². The number of benzene rings is 2. The molecule has 21 nitrogen and oxygen atoms in total. The molecule has 1 amide bonds. The van der Waals surface area contributed by atoms with Crippen molar-refractivity contribution in [2.24, 2.45) is 5.41 Å². The Morgan fingerprint density at radius 1 is 0.803 bits per heavy atom. The highest BCUT2D eigenvalue weighted by Gasteiger charge is 2.50. The molecule has 2 aromatic carbocycles. The van der Waals surface area contributed by atoms with Gasteiger partial charge < -0.3 is 15.0 Å². The van der Waals surface area contributed by atoms with Crippen molar-refractivity contribution in [3.8, 4) is 0 Å². The van der Waals surface area contributed by atoms with E-state index in [4.69, 9.17) is 4.74 Å². The number of aromatic nitrogens is 1. The number of allylic oxidation sites excluding steroid dienone is 7. The maximum Gasteiger partial charge on any atom is 0.322 e. The Kier molecular flexibility index (Phi) is 15.7. The summed E-state index contributed by atoms with van der Waals surface area (Å²) in [7, 11) is -22.6. The van der Waals surface area contributed by atoms with Gasteiger partial charge in [0.25, 0.3) is 55.6 Å². The summed E-state index contributed by atoms with van der Waals surface area (Å²) in [5.41, 5.74) is -0.736. The first-order valence-electron chi connectivity index (χ1n) is 19.8. The van der Waals surface area contributed by atoms with Crippen LogP contribution in [0.4, 0.5) is 5.69 Å². The smallest absolute Gasteiger partial charge is 0.322 e. The lowest BCUT2D eigenvalue weighted by molar-refractivity contribution is -0.668. The zero-order chi connectivity index (χ0) is 49.3. The molecule has 1 aliphatic carbocycles. The van der Waals surface area contributed by atoms with E-state index in [9.17, 15) is 74.4 Å². The molecule has 1 aromatic heterocycles. The van der Waals surface area contributed by atoms with Gasteiger partial charge in [0.1, 0.15) is 4.70 Å². The quantitative estimate of drug-likeness (QED) is 0.0435. The van der Waals surface area contributed by atoms with Gasteiger partial charge in [0.2, 0.25) is 11.4 Å². The molecule has 0 radical (unpaired) electrons. The number of nitrogens with one attached hydrogen (secondary N) is 1. The van der Waals surface area contributed by atoms with Crippen molar-refractivity contribution in [3.63, 3.8) is 0 Å². The molecular formula is C39H48N3O18S6+. The molecule has 27 heteroatoms. The highest BCUT2D eigenvalue weighted by atomic mass is 32.2. The lowest BCUT2D eigenvalue weighted by atomic mass is 9.71. The largest absolute Gasteiger partial charge is 0.465 e. The molecule has 0 fully saturated rings. The number of carbonyl (C=O) groups excluding carboxylic acids is 2. The summed E-state index contributed by atoms with van der Waals surface area (Å²) in [6.07, 6.45) is 7.02. The van der Waals surface area contributed by atoms with Crippen LogP contribution in [0.5, 0.6) is 0 Å². The first-order valence-corrected chi connectivity index (χ1v) is 28.3. The van der Waals surface area contributed by atoms with Crippen molar-refractivity contribution in [1.82, 2.24) is 5.32 Å². The summed E-state index contributed by atoms with van der Waals surface area (Å²) in [6.45, 7) is 4.19. The maximum atomic E-state index is 14.2. The van der Waals surface area contributed by atoms with Crippen LogP contribution in [0.15, 0.2) is 87.3 Å². The number of aryl methyl sites for hydroxylation is 1. The standard InChI is InChI=1S/C39H47N3O18S6/c1-4-60-37(44)39(36(43)40-15-20-64(51,52)53)24-26(7-13-34-38(2,3)30-22-28(65(54,55)56)9-11-31(30)41(34)16-5-18-62(45,46)47)21-27(25-39)8-14-35-42(17-6-19-63(48,49)50)32-12-10-29(66(57,58)59)23-33(32)61-35/h7-14,21-23H,4-6,15-20,24-25H2,1-3H3,(H5-,40,43,45,46,47,48,49,50,51,52,53,54,55,56,57,58,59)/p+1. The average molecular weight is 1040 g/mol. The molecule has 1 unspecified atom stereocenters. The third-order valence-electron chi connectivity index (χ3n) is 10.8. The van der Waals surface area contributed by atoms with E-state index in [1.54, 1.807) is 47.6 Å². The van der Waals surface area contributed by atoms with Gasteiger partial charge in [-0.25, -0.2) is 0 Å². The summed E-state index contributed by atoms with van der Waals surface area (Å²) in [6, 6.07) is 7.62. The van der Waals surface area contributed by atoms with E-state index in [0.29, 0.717) is 43.3 Å². The maximum absolute atomic E-state index is 14.2. The minimum Gasteiger partial charge on any atom is -0.465 e. The Labute approximate surface area is 386 Å². The predicted octanol–water partition coefficient (Wildman–Crippen LogP) is 3.13. The molecule has 2 aliphatic rings.